The third kappa shape index (κ3) is 4.97. The summed E-state index contributed by atoms with van der Waals surface area (Å²) in [5.74, 6) is 0.348. The summed E-state index contributed by atoms with van der Waals surface area (Å²) in [6.45, 7) is 1.65. The van der Waals surface area contributed by atoms with Gasteiger partial charge in [0.2, 0.25) is 0 Å². The van der Waals surface area contributed by atoms with Crippen LogP contribution in [-0.4, -0.2) is 41.5 Å². The fraction of sp³-hybridized carbons (Fsp3) is 0.269. The zero-order valence-corrected chi connectivity index (χ0v) is 21.5. The average molecular weight is 554 g/mol. The first-order valence-electron chi connectivity index (χ1n) is 11.3. The predicted octanol–water partition coefficient (Wildman–Crippen LogP) is 4.10. The van der Waals surface area contributed by atoms with Gasteiger partial charge >= 0.3 is 0 Å². The number of aromatic nitrogens is 1. The Balaban J connectivity index is 1.41. The van der Waals surface area contributed by atoms with Gasteiger partial charge in [-0.3, -0.25) is 14.4 Å². The van der Waals surface area contributed by atoms with Crippen LogP contribution in [0.4, 0.5) is 0 Å². The summed E-state index contributed by atoms with van der Waals surface area (Å²) in [6, 6.07) is 14.0. The second kappa shape index (κ2) is 9.83. The van der Waals surface area contributed by atoms with E-state index in [1.165, 1.54) is 11.3 Å². The molecule has 2 aliphatic heterocycles. The molecule has 1 aromatic carbocycles. The first kappa shape index (κ1) is 23.6. The lowest BCUT2D eigenvalue weighted by Crippen LogP contribution is -2.50. The summed E-state index contributed by atoms with van der Waals surface area (Å²) in [6.07, 6.45) is 2.67. The Hall–Kier alpha value is -3.17. The zero-order valence-electron chi connectivity index (χ0n) is 19.1. The van der Waals surface area contributed by atoms with Crippen molar-refractivity contribution in [1.29, 1.82) is 0 Å². The fourth-order valence-electron chi connectivity index (χ4n) is 4.87. The molecule has 1 saturated heterocycles. The van der Waals surface area contributed by atoms with Crippen LogP contribution in [-0.2, 0) is 11.3 Å². The van der Waals surface area contributed by atoms with Gasteiger partial charge in [0.15, 0.2) is 0 Å². The summed E-state index contributed by atoms with van der Waals surface area (Å²) >= 11 is 4.93. The van der Waals surface area contributed by atoms with Gasteiger partial charge in [0, 0.05) is 57.6 Å². The molecular weight excluding hydrogens is 530 g/mol. The number of pyridine rings is 1. The first-order valence-corrected chi connectivity index (χ1v) is 13.0. The number of benzene rings is 1. The van der Waals surface area contributed by atoms with Gasteiger partial charge in [0.05, 0.1) is 7.11 Å². The van der Waals surface area contributed by atoms with E-state index < -0.39 is 0 Å². The number of hydrogen-bond acceptors (Lipinski definition) is 5. The number of methoxy groups -OCH3 is 1. The minimum absolute atomic E-state index is 0.00703. The van der Waals surface area contributed by atoms with Crippen LogP contribution in [0.1, 0.15) is 33.3 Å². The quantitative estimate of drug-likeness (QED) is 0.482. The third-order valence-electron chi connectivity index (χ3n) is 6.47. The van der Waals surface area contributed by atoms with Crippen molar-refractivity contribution in [3.63, 3.8) is 0 Å². The summed E-state index contributed by atoms with van der Waals surface area (Å²) < 4.78 is 7.92. The molecule has 0 aliphatic carbocycles. The molecule has 180 valence electrons. The van der Waals surface area contributed by atoms with Crippen molar-refractivity contribution in [3.8, 4) is 5.75 Å². The number of likely N-dealkylation sites (tertiary alicyclic amines) is 1. The van der Waals surface area contributed by atoms with E-state index in [-0.39, 0.29) is 34.9 Å². The number of ether oxygens (including phenoxy) is 1. The molecule has 2 bridgehead atoms. The zero-order chi connectivity index (χ0) is 24.5. The Kier molecular flexibility index (Phi) is 6.62. The third-order valence-corrected chi connectivity index (χ3v) is 8.11. The highest BCUT2D eigenvalue weighted by atomic mass is 79.9. The van der Waals surface area contributed by atoms with Crippen LogP contribution in [0.5, 0.6) is 5.75 Å². The molecule has 35 heavy (non-hydrogen) atoms. The number of nitrogens with one attached hydrogen (secondary N) is 1. The van der Waals surface area contributed by atoms with Crippen LogP contribution in [0, 0.1) is 5.92 Å². The van der Waals surface area contributed by atoms with Crippen molar-refractivity contribution in [2.75, 3.05) is 20.2 Å². The molecule has 3 aromatic rings. The summed E-state index contributed by atoms with van der Waals surface area (Å²) in [7, 11) is 1.57. The number of amides is 2. The van der Waals surface area contributed by atoms with Gasteiger partial charge in [0.1, 0.15) is 11.4 Å². The second-order valence-corrected chi connectivity index (χ2v) is 10.7. The maximum absolute atomic E-state index is 13.7. The van der Waals surface area contributed by atoms with Gasteiger partial charge in [0.25, 0.3) is 17.4 Å². The van der Waals surface area contributed by atoms with E-state index in [4.69, 9.17) is 4.74 Å². The van der Waals surface area contributed by atoms with E-state index in [1.807, 2.05) is 27.0 Å². The van der Waals surface area contributed by atoms with Crippen LogP contribution >= 0.6 is 27.3 Å². The molecule has 5 rings (SSSR count). The van der Waals surface area contributed by atoms with E-state index in [0.29, 0.717) is 30.9 Å². The van der Waals surface area contributed by atoms with Gasteiger partial charge in [-0.1, -0.05) is 6.07 Å². The van der Waals surface area contributed by atoms with Gasteiger partial charge in [-0.25, -0.2) is 0 Å². The minimum atomic E-state index is -0.364. The lowest BCUT2D eigenvalue weighted by molar-refractivity contribution is -0.130. The second-order valence-electron chi connectivity index (χ2n) is 8.82. The Morgan fingerprint density at radius 2 is 1.94 bits per heavy atom. The number of fused-ring (bicyclic) bond motifs is 4. The molecule has 0 spiro atoms. The number of hydrogen-bond donors (Lipinski definition) is 1. The molecule has 2 unspecified atom stereocenters. The summed E-state index contributed by atoms with van der Waals surface area (Å²) in [5.41, 5.74) is 1.64. The number of rotatable bonds is 5. The van der Waals surface area contributed by atoms with E-state index in [2.05, 4.69) is 21.2 Å². The number of thiophene rings is 1. The topological polar surface area (TPSA) is 80.6 Å². The highest BCUT2D eigenvalue weighted by molar-refractivity contribution is 9.10. The number of halogens is 1. The lowest BCUT2D eigenvalue weighted by atomic mass is 9.83. The molecule has 2 aromatic heterocycles. The van der Waals surface area contributed by atoms with Crippen LogP contribution in [0.3, 0.4) is 0 Å². The lowest BCUT2D eigenvalue weighted by Gasteiger charge is -2.43. The molecule has 2 aliphatic rings. The maximum Gasteiger partial charge on any atom is 0.270 e. The van der Waals surface area contributed by atoms with Crippen molar-refractivity contribution in [1.82, 2.24) is 14.8 Å². The van der Waals surface area contributed by atoms with Crippen molar-refractivity contribution in [3.05, 3.63) is 90.6 Å². The molecule has 1 fully saturated rings. The molecule has 1 N–H and O–H groups in total. The molecule has 0 radical (unpaired) electrons. The van der Waals surface area contributed by atoms with E-state index in [0.717, 1.165) is 21.5 Å². The molecule has 4 heterocycles. The molecule has 2 atom stereocenters. The number of carbonyl (C=O) groups is 2. The Morgan fingerprint density at radius 1 is 1.14 bits per heavy atom. The van der Waals surface area contributed by atoms with Crippen LogP contribution in [0.2, 0.25) is 0 Å². The largest absolute Gasteiger partial charge is 0.497 e. The normalized spacial score (nSPS) is 19.1. The van der Waals surface area contributed by atoms with E-state index in [9.17, 15) is 14.4 Å². The Labute approximate surface area is 215 Å². The highest BCUT2D eigenvalue weighted by Gasteiger charge is 2.37. The van der Waals surface area contributed by atoms with Gasteiger partial charge in [-0.15, -0.1) is 11.3 Å². The Morgan fingerprint density at radius 3 is 2.66 bits per heavy atom. The standard InChI is InChI=1S/C26H24BrN3O4S/c1-34-20-7-5-17(6-8-20)25(32)28-22(11-21-10-19(27)15-35-21)26(33)29-12-16-9-18(14-29)23-3-2-4-24(31)30(23)13-16/h2-8,10-11,15-16,18H,9,12-14H2,1H3,(H,28,32). The predicted molar refractivity (Wildman–Crippen MR) is 139 cm³/mol. The molecule has 0 saturated carbocycles. The molecule has 9 heteroatoms. The number of nitrogens with zero attached hydrogens (tertiary/aromatic N) is 2. The molecular formula is C26H24BrN3O4S. The van der Waals surface area contributed by atoms with Crippen molar-refractivity contribution < 1.29 is 14.3 Å². The summed E-state index contributed by atoms with van der Waals surface area (Å²) in [4.78, 5) is 41.8. The SMILES string of the molecule is COc1ccc(C(=O)NC(=Cc2cc(Br)cs2)C(=O)N2CC3CC(C2)c2cccc(=O)n2C3)cc1. The van der Waals surface area contributed by atoms with Crippen LogP contribution in [0.25, 0.3) is 6.08 Å². The number of carbonyl (C=O) groups excluding carboxylic acids is 2. The molecule has 2 amide bonds. The Bertz CT molecular complexity index is 1360. The van der Waals surface area contributed by atoms with Gasteiger partial charge in [-0.05, 0) is 70.7 Å². The maximum atomic E-state index is 13.7. The van der Waals surface area contributed by atoms with Gasteiger partial charge in [-0.2, -0.15) is 0 Å². The van der Waals surface area contributed by atoms with Gasteiger partial charge < -0.3 is 19.5 Å². The average Bonchev–Trinajstić information content (AvgIpc) is 3.28. The fourth-order valence-corrected chi connectivity index (χ4v) is 6.24. The van der Waals surface area contributed by atoms with Crippen molar-refractivity contribution >= 4 is 45.2 Å². The monoisotopic (exact) mass is 553 g/mol. The summed E-state index contributed by atoms with van der Waals surface area (Å²) in [5, 5.41) is 4.78. The van der Waals surface area contributed by atoms with E-state index >= 15 is 0 Å². The van der Waals surface area contributed by atoms with E-state index in [1.54, 1.807) is 49.6 Å². The molecule has 7 nitrogen and oxygen atoms in total. The van der Waals surface area contributed by atoms with Crippen molar-refractivity contribution in [2.45, 2.75) is 18.9 Å². The van der Waals surface area contributed by atoms with Crippen LogP contribution < -0.4 is 15.6 Å². The highest BCUT2D eigenvalue weighted by Crippen LogP contribution is 2.35. The number of piperidine rings is 1. The van der Waals surface area contributed by atoms with Crippen molar-refractivity contribution in [2.24, 2.45) is 5.92 Å². The van der Waals surface area contributed by atoms with Crippen LogP contribution in [0.15, 0.2) is 68.9 Å². The minimum Gasteiger partial charge on any atom is -0.497 e. The smallest absolute Gasteiger partial charge is 0.270 e. The first-order chi connectivity index (χ1) is 16.9.